The largest absolute Gasteiger partial charge is 0.496 e. The number of ether oxygens (including phenoxy) is 3. The number of benzene rings is 2. The molecule has 10 heteroatoms. The maximum atomic E-state index is 12.1. The highest BCUT2D eigenvalue weighted by molar-refractivity contribution is 7.89. The summed E-state index contributed by atoms with van der Waals surface area (Å²) in [4.78, 5) is 11.9. The van der Waals surface area contributed by atoms with Gasteiger partial charge in [-0.2, -0.15) is 5.10 Å². The van der Waals surface area contributed by atoms with Crippen molar-refractivity contribution in [2.75, 3.05) is 27.9 Å². The molecule has 28 heavy (non-hydrogen) atoms. The molecule has 0 heterocycles. The van der Waals surface area contributed by atoms with Crippen molar-refractivity contribution in [3.05, 3.63) is 48.0 Å². The lowest BCUT2D eigenvalue weighted by Crippen LogP contribution is -2.34. The van der Waals surface area contributed by atoms with Crippen LogP contribution in [-0.2, 0) is 14.8 Å². The minimum Gasteiger partial charge on any atom is -0.496 e. The third-order valence-electron chi connectivity index (χ3n) is 3.61. The molecule has 0 radical (unpaired) electrons. The van der Waals surface area contributed by atoms with Gasteiger partial charge in [0.1, 0.15) is 5.75 Å². The van der Waals surface area contributed by atoms with Crippen molar-refractivity contribution < 1.29 is 27.4 Å². The lowest BCUT2D eigenvalue weighted by atomic mass is 10.2. The summed E-state index contributed by atoms with van der Waals surface area (Å²) in [6, 6.07) is 11.0. The summed E-state index contributed by atoms with van der Waals surface area (Å²) in [7, 11) is 0.702. The standard InChI is InChI=1S/C18H21N3O6S/c1-25-15-10-17(27-3)16(26-2)9-13(15)11-19-21-18(22)12-20-28(23,24)14-7-5-4-6-8-14/h4-11,20H,12H2,1-3H3,(H,21,22)/b19-11-. The van der Waals surface area contributed by atoms with Gasteiger partial charge >= 0.3 is 0 Å². The number of sulfonamides is 1. The summed E-state index contributed by atoms with van der Waals surface area (Å²) in [5.74, 6) is 0.776. The molecule has 0 saturated heterocycles. The Morgan fingerprint density at radius 2 is 1.61 bits per heavy atom. The normalized spacial score (nSPS) is 11.2. The zero-order valence-corrected chi connectivity index (χ0v) is 16.4. The van der Waals surface area contributed by atoms with Crippen LogP contribution in [0.5, 0.6) is 17.2 Å². The fourth-order valence-electron chi connectivity index (χ4n) is 2.21. The van der Waals surface area contributed by atoms with E-state index >= 15 is 0 Å². The van der Waals surface area contributed by atoms with Gasteiger partial charge in [0.15, 0.2) is 11.5 Å². The highest BCUT2D eigenvalue weighted by atomic mass is 32.2. The van der Waals surface area contributed by atoms with E-state index in [-0.39, 0.29) is 4.90 Å². The highest BCUT2D eigenvalue weighted by Crippen LogP contribution is 2.33. The minimum absolute atomic E-state index is 0.0707. The van der Waals surface area contributed by atoms with Gasteiger partial charge < -0.3 is 14.2 Å². The van der Waals surface area contributed by atoms with E-state index in [0.717, 1.165) is 0 Å². The van der Waals surface area contributed by atoms with E-state index in [1.54, 1.807) is 30.3 Å². The molecule has 0 aliphatic carbocycles. The Morgan fingerprint density at radius 3 is 2.21 bits per heavy atom. The summed E-state index contributed by atoms with van der Waals surface area (Å²) in [5.41, 5.74) is 2.78. The molecule has 0 atom stereocenters. The van der Waals surface area contributed by atoms with Crippen molar-refractivity contribution in [3.8, 4) is 17.2 Å². The number of nitrogens with zero attached hydrogens (tertiary/aromatic N) is 1. The number of hydrogen-bond acceptors (Lipinski definition) is 7. The van der Waals surface area contributed by atoms with Crippen molar-refractivity contribution in [1.82, 2.24) is 10.1 Å². The summed E-state index contributed by atoms with van der Waals surface area (Å²) in [6.45, 7) is -0.461. The maximum Gasteiger partial charge on any atom is 0.255 e. The monoisotopic (exact) mass is 407 g/mol. The van der Waals surface area contributed by atoms with Crippen LogP contribution in [0.2, 0.25) is 0 Å². The van der Waals surface area contributed by atoms with Gasteiger partial charge in [-0.15, -0.1) is 0 Å². The van der Waals surface area contributed by atoms with Gasteiger partial charge in [-0.25, -0.2) is 18.6 Å². The highest BCUT2D eigenvalue weighted by Gasteiger charge is 2.15. The lowest BCUT2D eigenvalue weighted by molar-refractivity contribution is -0.119. The van der Waals surface area contributed by atoms with Crippen LogP contribution in [0.25, 0.3) is 0 Å². The van der Waals surface area contributed by atoms with Gasteiger partial charge in [0.25, 0.3) is 5.91 Å². The van der Waals surface area contributed by atoms with Crippen molar-refractivity contribution in [2.24, 2.45) is 5.10 Å². The van der Waals surface area contributed by atoms with Crippen LogP contribution < -0.4 is 24.4 Å². The van der Waals surface area contributed by atoms with E-state index in [9.17, 15) is 13.2 Å². The zero-order chi connectivity index (χ0) is 20.6. The first kappa shape index (κ1) is 21.2. The molecule has 0 unspecified atom stereocenters. The number of carbonyl (C=O) groups is 1. The van der Waals surface area contributed by atoms with Crippen LogP contribution in [-0.4, -0.2) is 48.4 Å². The summed E-state index contributed by atoms with van der Waals surface area (Å²) in [5, 5.41) is 3.82. The molecule has 2 aromatic rings. The molecule has 0 spiro atoms. The van der Waals surface area contributed by atoms with Crippen LogP contribution in [0.15, 0.2) is 52.5 Å². The van der Waals surface area contributed by atoms with Crippen LogP contribution in [0.1, 0.15) is 5.56 Å². The Kier molecular flexibility index (Phi) is 7.36. The molecule has 1 amide bonds. The molecular weight excluding hydrogens is 386 g/mol. The Balaban J connectivity index is 2.00. The van der Waals surface area contributed by atoms with Gasteiger partial charge in [0.05, 0.1) is 39.0 Å². The quantitative estimate of drug-likeness (QED) is 0.476. The van der Waals surface area contributed by atoms with Gasteiger partial charge in [-0.05, 0) is 18.2 Å². The van der Waals surface area contributed by atoms with E-state index in [0.29, 0.717) is 22.8 Å². The molecular formula is C18H21N3O6S. The smallest absolute Gasteiger partial charge is 0.255 e. The van der Waals surface area contributed by atoms with E-state index in [1.165, 1.54) is 39.7 Å². The van der Waals surface area contributed by atoms with Crippen molar-refractivity contribution >= 4 is 22.1 Å². The van der Waals surface area contributed by atoms with Crippen LogP contribution >= 0.6 is 0 Å². The van der Waals surface area contributed by atoms with Crippen molar-refractivity contribution in [1.29, 1.82) is 0 Å². The molecule has 2 rings (SSSR count). The van der Waals surface area contributed by atoms with E-state index in [4.69, 9.17) is 14.2 Å². The molecule has 0 aromatic heterocycles. The molecule has 0 saturated carbocycles. The Morgan fingerprint density at radius 1 is 1.00 bits per heavy atom. The van der Waals surface area contributed by atoms with Crippen LogP contribution in [0.4, 0.5) is 0 Å². The second kappa shape index (κ2) is 9.72. The zero-order valence-electron chi connectivity index (χ0n) is 15.6. The Bertz CT molecular complexity index is 945. The maximum absolute atomic E-state index is 12.1. The molecule has 9 nitrogen and oxygen atoms in total. The first-order valence-electron chi connectivity index (χ1n) is 8.08. The van der Waals surface area contributed by atoms with E-state index in [2.05, 4.69) is 15.2 Å². The summed E-state index contributed by atoms with van der Waals surface area (Å²) in [6.07, 6.45) is 1.35. The second-order valence-electron chi connectivity index (χ2n) is 5.38. The first-order valence-corrected chi connectivity index (χ1v) is 9.56. The number of methoxy groups -OCH3 is 3. The predicted octanol–water partition coefficient (Wildman–Crippen LogP) is 1.14. The van der Waals surface area contributed by atoms with Gasteiger partial charge in [0.2, 0.25) is 10.0 Å². The fourth-order valence-corrected chi connectivity index (χ4v) is 3.21. The first-order chi connectivity index (χ1) is 13.4. The molecule has 0 aliphatic rings. The topological polar surface area (TPSA) is 115 Å². The molecule has 2 aromatic carbocycles. The SMILES string of the molecule is COc1cc(OC)c(OC)cc1/C=N\NC(=O)CNS(=O)(=O)c1ccccc1. The van der Waals surface area contributed by atoms with Crippen LogP contribution in [0.3, 0.4) is 0 Å². The summed E-state index contributed by atoms with van der Waals surface area (Å²) >= 11 is 0. The van der Waals surface area contributed by atoms with Crippen molar-refractivity contribution in [3.63, 3.8) is 0 Å². The average molecular weight is 407 g/mol. The second-order valence-corrected chi connectivity index (χ2v) is 7.15. The molecule has 0 fully saturated rings. The van der Waals surface area contributed by atoms with Crippen molar-refractivity contribution in [2.45, 2.75) is 4.90 Å². The van der Waals surface area contributed by atoms with E-state index in [1.807, 2.05) is 0 Å². The Hall–Kier alpha value is -3.11. The van der Waals surface area contributed by atoms with Gasteiger partial charge in [-0.3, -0.25) is 4.79 Å². The summed E-state index contributed by atoms with van der Waals surface area (Å²) < 4.78 is 42.0. The van der Waals surface area contributed by atoms with Gasteiger partial charge in [-0.1, -0.05) is 18.2 Å². The predicted molar refractivity (Wildman–Crippen MR) is 103 cm³/mol. The molecule has 150 valence electrons. The van der Waals surface area contributed by atoms with Crippen LogP contribution in [0, 0.1) is 0 Å². The molecule has 0 bridgehead atoms. The Labute approximate surface area is 163 Å². The van der Waals surface area contributed by atoms with E-state index < -0.39 is 22.5 Å². The van der Waals surface area contributed by atoms with Gasteiger partial charge in [0, 0.05) is 11.6 Å². The number of carbonyl (C=O) groups excluding carboxylic acids is 1. The third kappa shape index (κ3) is 5.44. The number of hydrogen-bond donors (Lipinski definition) is 2. The number of amides is 1. The number of hydrazone groups is 1. The number of rotatable bonds is 9. The third-order valence-corrected chi connectivity index (χ3v) is 5.02. The minimum atomic E-state index is -3.77. The fraction of sp³-hybridized carbons (Fsp3) is 0.222. The molecule has 2 N–H and O–H groups in total. The number of nitrogens with one attached hydrogen (secondary N) is 2. The molecule has 0 aliphatic heterocycles. The average Bonchev–Trinajstić information content (AvgIpc) is 2.72. The lowest BCUT2D eigenvalue weighted by Gasteiger charge is -2.11.